The molecule has 0 bridgehead atoms. The Balaban J connectivity index is 0.000000810. The number of nitroso groups, excluding NO2 is 1. The summed E-state index contributed by atoms with van der Waals surface area (Å²) in [7, 11) is 1.64. The number of nitrogen functional groups attached to an aromatic ring is 1. The highest BCUT2D eigenvalue weighted by Gasteiger charge is 2.01. The summed E-state index contributed by atoms with van der Waals surface area (Å²) < 4.78 is 1.39. The molecule has 0 aliphatic carbocycles. The third-order valence-corrected chi connectivity index (χ3v) is 1.06. The predicted molar refractivity (Wildman–Crippen MR) is 40.3 cm³/mol. The van der Waals surface area contributed by atoms with Crippen molar-refractivity contribution in [3.05, 3.63) is 11.1 Å². The fourth-order valence-corrected chi connectivity index (χ4v) is 0.506. The Morgan fingerprint density at radius 3 is 2.60 bits per heavy atom. The quantitative estimate of drug-likeness (QED) is 0.622. The first kappa shape index (κ1) is 8.90. The van der Waals surface area contributed by atoms with Crippen LogP contribution in [-0.2, 0) is 7.05 Å². The van der Waals surface area contributed by atoms with E-state index in [2.05, 4.69) is 10.3 Å². The summed E-state index contributed by atoms with van der Waals surface area (Å²) in [5, 5.41) is 6.32. The standard InChI is InChI=1S/C4H6N4O.ClH/c1-8-4(5)3(7-9)2-6-8;/h2H,5H2,1H3;1H. The summed E-state index contributed by atoms with van der Waals surface area (Å²) in [4.78, 5) is 9.86. The summed E-state index contributed by atoms with van der Waals surface area (Å²) in [6.45, 7) is 0. The van der Waals surface area contributed by atoms with Crippen LogP contribution in [0, 0.1) is 4.91 Å². The maximum Gasteiger partial charge on any atom is 0.169 e. The van der Waals surface area contributed by atoms with Crippen LogP contribution in [0.4, 0.5) is 11.5 Å². The van der Waals surface area contributed by atoms with E-state index in [0.717, 1.165) is 0 Å². The molecule has 0 saturated carbocycles. The van der Waals surface area contributed by atoms with Gasteiger partial charge in [-0.2, -0.15) is 5.10 Å². The fraction of sp³-hybridized carbons (Fsp3) is 0.250. The zero-order chi connectivity index (χ0) is 6.85. The van der Waals surface area contributed by atoms with Crippen molar-refractivity contribution in [3.63, 3.8) is 0 Å². The van der Waals surface area contributed by atoms with Crippen LogP contribution in [0.1, 0.15) is 0 Å². The van der Waals surface area contributed by atoms with Crippen LogP contribution in [0.25, 0.3) is 0 Å². The molecule has 6 heteroatoms. The van der Waals surface area contributed by atoms with Crippen molar-refractivity contribution < 1.29 is 0 Å². The van der Waals surface area contributed by atoms with Crippen LogP contribution in [0.2, 0.25) is 0 Å². The minimum atomic E-state index is 0. The van der Waals surface area contributed by atoms with Crippen molar-refractivity contribution in [1.82, 2.24) is 9.78 Å². The molecule has 0 aliphatic heterocycles. The van der Waals surface area contributed by atoms with Gasteiger partial charge in [-0.25, -0.2) is 0 Å². The molecule has 0 saturated heterocycles. The number of nitrogens with zero attached hydrogens (tertiary/aromatic N) is 3. The second-order valence-electron chi connectivity index (χ2n) is 1.63. The smallest absolute Gasteiger partial charge is 0.169 e. The SMILES string of the molecule is Cl.Cn1ncc(N=O)c1N. The molecule has 1 aromatic rings. The average Bonchev–Trinajstić information content (AvgIpc) is 2.15. The zero-order valence-electron chi connectivity index (χ0n) is 5.31. The largest absolute Gasteiger partial charge is 0.382 e. The van der Waals surface area contributed by atoms with Gasteiger partial charge in [0.1, 0.15) is 0 Å². The van der Waals surface area contributed by atoms with Gasteiger partial charge >= 0.3 is 0 Å². The average molecular weight is 163 g/mol. The molecular formula is C4H7ClN4O. The topological polar surface area (TPSA) is 73.3 Å². The van der Waals surface area contributed by atoms with Crippen LogP contribution in [-0.4, -0.2) is 9.78 Å². The number of aryl methyl sites for hydroxylation is 1. The van der Waals surface area contributed by atoms with E-state index in [1.165, 1.54) is 10.9 Å². The highest BCUT2D eigenvalue weighted by Crippen LogP contribution is 2.18. The second-order valence-corrected chi connectivity index (χ2v) is 1.63. The van der Waals surface area contributed by atoms with Gasteiger partial charge in [0, 0.05) is 7.05 Å². The first-order valence-corrected chi connectivity index (χ1v) is 2.36. The monoisotopic (exact) mass is 162 g/mol. The molecule has 0 fully saturated rings. The summed E-state index contributed by atoms with van der Waals surface area (Å²) in [5.74, 6) is 0.296. The van der Waals surface area contributed by atoms with E-state index >= 15 is 0 Å². The Kier molecular flexibility index (Phi) is 2.82. The molecule has 2 N–H and O–H groups in total. The minimum absolute atomic E-state index is 0. The van der Waals surface area contributed by atoms with Gasteiger partial charge in [-0.3, -0.25) is 4.68 Å². The van der Waals surface area contributed by atoms with Crippen LogP contribution in [0.15, 0.2) is 11.4 Å². The first-order valence-electron chi connectivity index (χ1n) is 2.36. The summed E-state index contributed by atoms with van der Waals surface area (Å²) in [6.07, 6.45) is 1.32. The normalized spacial score (nSPS) is 8.50. The third-order valence-electron chi connectivity index (χ3n) is 1.06. The van der Waals surface area contributed by atoms with Gasteiger partial charge in [0.15, 0.2) is 11.5 Å². The lowest BCUT2D eigenvalue weighted by molar-refractivity contribution is 0.779. The van der Waals surface area contributed by atoms with E-state index in [-0.39, 0.29) is 18.1 Å². The van der Waals surface area contributed by atoms with Crippen molar-refractivity contribution in [2.24, 2.45) is 12.2 Å². The van der Waals surface area contributed by atoms with E-state index in [1.807, 2.05) is 0 Å². The first-order chi connectivity index (χ1) is 4.25. The molecule has 0 aliphatic rings. The van der Waals surface area contributed by atoms with Crippen molar-refractivity contribution in [1.29, 1.82) is 0 Å². The van der Waals surface area contributed by atoms with E-state index < -0.39 is 0 Å². The maximum absolute atomic E-state index is 9.86. The number of hydrogen-bond donors (Lipinski definition) is 1. The van der Waals surface area contributed by atoms with Crippen LogP contribution in [0.3, 0.4) is 0 Å². The molecule has 1 heterocycles. The van der Waals surface area contributed by atoms with Crippen LogP contribution < -0.4 is 5.73 Å². The lowest BCUT2D eigenvalue weighted by Gasteiger charge is -1.89. The van der Waals surface area contributed by atoms with Crippen molar-refractivity contribution in [2.75, 3.05) is 5.73 Å². The minimum Gasteiger partial charge on any atom is -0.382 e. The molecule has 1 aromatic heterocycles. The van der Waals surface area contributed by atoms with Gasteiger partial charge in [-0.1, -0.05) is 0 Å². The molecule has 10 heavy (non-hydrogen) atoms. The number of nitrogens with two attached hydrogens (primary N) is 1. The molecule has 0 atom stereocenters. The highest BCUT2D eigenvalue weighted by atomic mass is 35.5. The Bertz CT molecular complexity index is 233. The predicted octanol–water partition coefficient (Wildman–Crippen LogP) is 0.822. The fourth-order valence-electron chi connectivity index (χ4n) is 0.506. The van der Waals surface area contributed by atoms with Gasteiger partial charge in [0.05, 0.1) is 6.20 Å². The Morgan fingerprint density at radius 1 is 1.80 bits per heavy atom. The Hall–Kier alpha value is -1.10. The molecule has 1 rings (SSSR count). The van der Waals surface area contributed by atoms with Crippen molar-refractivity contribution in [2.45, 2.75) is 0 Å². The van der Waals surface area contributed by atoms with Crippen LogP contribution in [0.5, 0.6) is 0 Å². The second kappa shape index (κ2) is 3.17. The molecule has 0 radical (unpaired) electrons. The van der Waals surface area contributed by atoms with E-state index in [1.54, 1.807) is 7.05 Å². The van der Waals surface area contributed by atoms with E-state index in [4.69, 9.17) is 5.73 Å². The number of rotatable bonds is 1. The molecule has 0 unspecified atom stereocenters. The summed E-state index contributed by atoms with van der Waals surface area (Å²) >= 11 is 0. The van der Waals surface area contributed by atoms with E-state index in [9.17, 15) is 4.91 Å². The van der Waals surface area contributed by atoms with Gasteiger partial charge in [-0.15, -0.1) is 17.3 Å². The number of halogens is 1. The summed E-state index contributed by atoms with van der Waals surface area (Å²) in [5.41, 5.74) is 5.51. The molecule has 0 amide bonds. The lowest BCUT2D eigenvalue weighted by atomic mass is 10.5. The van der Waals surface area contributed by atoms with Crippen LogP contribution >= 0.6 is 12.4 Å². The maximum atomic E-state index is 9.86. The van der Waals surface area contributed by atoms with Gasteiger partial charge in [0.25, 0.3) is 0 Å². The van der Waals surface area contributed by atoms with Gasteiger partial charge in [0.2, 0.25) is 0 Å². The van der Waals surface area contributed by atoms with E-state index in [0.29, 0.717) is 5.82 Å². The number of anilines is 1. The number of aromatic nitrogens is 2. The molecule has 56 valence electrons. The van der Waals surface area contributed by atoms with Gasteiger partial charge < -0.3 is 5.73 Å². The summed E-state index contributed by atoms with van der Waals surface area (Å²) in [6, 6.07) is 0. The number of hydrogen-bond acceptors (Lipinski definition) is 4. The third kappa shape index (κ3) is 1.24. The highest BCUT2D eigenvalue weighted by molar-refractivity contribution is 5.85. The zero-order valence-corrected chi connectivity index (χ0v) is 6.13. The lowest BCUT2D eigenvalue weighted by Crippen LogP contribution is -1.96. The van der Waals surface area contributed by atoms with Crippen molar-refractivity contribution >= 4 is 23.9 Å². The molecule has 0 aromatic carbocycles. The Labute approximate surface area is 63.6 Å². The Morgan fingerprint density at radius 2 is 2.40 bits per heavy atom. The molecule has 5 nitrogen and oxygen atoms in total. The van der Waals surface area contributed by atoms with Gasteiger partial charge in [-0.05, 0) is 5.18 Å². The van der Waals surface area contributed by atoms with Crippen molar-refractivity contribution in [3.8, 4) is 0 Å². The molecule has 0 spiro atoms. The molecular weight excluding hydrogens is 156 g/mol.